The van der Waals surface area contributed by atoms with Crippen LogP contribution >= 0.6 is 11.6 Å². The molecular weight excluding hydrogens is 246 g/mol. The molecule has 2 rings (SSSR count). The molecule has 2 N–H and O–H groups in total. The Kier molecular flexibility index (Phi) is 3.73. The second-order valence-electron chi connectivity index (χ2n) is 4.70. The van der Waals surface area contributed by atoms with Crippen molar-refractivity contribution in [2.75, 3.05) is 0 Å². The van der Waals surface area contributed by atoms with Gasteiger partial charge >= 0.3 is 0 Å². The molecule has 3 nitrogen and oxygen atoms in total. The molecule has 18 heavy (non-hydrogen) atoms. The second kappa shape index (κ2) is 5.12. The molecule has 1 aromatic carbocycles. The predicted molar refractivity (Wildman–Crippen MR) is 74.6 cm³/mol. The smallest absolute Gasteiger partial charge is 0.110 e. The lowest BCUT2D eigenvalue weighted by Gasteiger charge is -2.26. The summed E-state index contributed by atoms with van der Waals surface area (Å²) in [4.78, 5) is 4.37. The highest BCUT2D eigenvalue weighted by atomic mass is 35.5. The quantitative estimate of drug-likeness (QED) is 0.922. The van der Waals surface area contributed by atoms with Crippen molar-refractivity contribution < 1.29 is 0 Å². The van der Waals surface area contributed by atoms with Crippen LogP contribution in [0.5, 0.6) is 0 Å². The summed E-state index contributed by atoms with van der Waals surface area (Å²) in [5.74, 6) is 0.988. The summed E-state index contributed by atoms with van der Waals surface area (Å²) >= 11 is 6.22. The zero-order valence-electron chi connectivity index (χ0n) is 10.7. The van der Waals surface area contributed by atoms with E-state index in [1.807, 2.05) is 43.6 Å². The number of halogens is 1. The molecule has 0 saturated carbocycles. The molecule has 4 heteroatoms. The summed E-state index contributed by atoms with van der Waals surface area (Å²) in [5.41, 5.74) is 6.85. The van der Waals surface area contributed by atoms with Crippen LogP contribution in [0.3, 0.4) is 0 Å². The molecule has 1 aromatic heterocycles. The maximum Gasteiger partial charge on any atom is 0.110 e. The number of imidazole rings is 1. The van der Waals surface area contributed by atoms with E-state index in [0.717, 1.165) is 17.9 Å². The van der Waals surface area contributed by atoms with Crippen molar-refractivity contribution in [3.8, 4) is 0 Å². The number of aryl methyl sites for hydroxylation is 1. The molecular formula is C14H18ClN3. The summed E-state index contributed by atoms with van der Waals surface area (Å²) in [6, 6.07) is 7.71. The third-order valence-electron chi connectivity index (χ3n) is 3.16. The predicted octanol–water partition coefficient (Wildman–Crippen LogP) is 2.97. The van der Waals surface area contributed by atoms with E-state index in [9.17, 15) is 0 Å². The highest BCUT2D eigenvalue weighted by Gasteiger charge is 2.25. The molecule has 0 aliphatic carbocycles. The SMILES string of the molecule is CCn1ccnc1CC(C)(N)c1ccccc1Cl. The lowest BCUT2D eigenvalue weighted by molar-refractivity contribution is 0.465. The lowest BCUT2D eigenvalue weighted by atomic mass is 9.89. The van der Waals surface area contributed by atoms with Gasteiger partial charge < -0.3 is 10.3 Å². The average molecular weight is 264 g/mol. The molecule has 0 aliphatic rings. The van der Waals surface area contributed by atoms with Crippen LogP contribution in [0.4, 0.5) is 0 Å². The number of nitrogens with zero attached hydrogens (tertiary/aromatic N) is 2. The van der Waals surface area contributed by atoms with Gasteiger partial charge in [0.15, 0.2) is 0 Å². The van der Waals surface area contributed by atoms with Gasteiger partial charge in [-0.15, -0.1) is 0 Å². The normalized spacial score (nSPS) is 14.4. The monoisotopic (exact) mass is 263 g/mol. The first-order valence-corrected chi connectivity index (χ1v) is 6.46. The van der Waals surface area contributed by atoms with Gasteiger partial charge in [-0.05, 0) is 25.5 Å². The van der Waals surface area contributed by atoms with Crippen LogP contribution < -0.4 is 5.73 Å². The molecule has 0 radical (unpaired) electrons. The molecule has 0 fully saturated rings. The second-order valence-corrected chi connectivity index (χ2v) is 5.11. The first-order chi connectivity index (χ1) is 8.54. The molecule has 0 bridgehead atoms. The lowest BCUT2D eigenvalue weighted by Crippen LogP contribution is -2.36. The van der Waals surface area contributed by atoms with Crippen LogP contribution in [0.15, 0.2) is 36.7 Å². The van der Waals surface area contributed by atoms with E-state index in [4.69, 9.17) is 17.3 Å². The molecule has 1 heterocycles. The first-order valence-electron chi connectivity index (χ1n) is 6.08. The Labute approximate surface area is 113 Å². The standard InChI is InChI=1S/C14H18ClN3/c1-3-18-9-8-17-13(18)10-14(2,16)11-6-4-5-7-12(11)15/h4-9H,3,10,16H2,1-2H3. The summed E-state index contributed by atoms with van der Waals surface area (Å²) in [6.07, 6.45) is 4.44. The van der Waals surface area contributed by atoms with Gasteiger partial charge in [-0.2, -0.15) is 0 Å². The zero-order chi connectivity index (χ0) is 13.2. The van der Waals surface area contributed by atoms with Crippen molar-refractivity contribution in [1.82, 2.24) is 9.55 Å². The highest BCUT2D eigenvalue weighted by Crippen LogP contribution is 2.28. The maximum absolute atomic E-state index is 6.42. The van der Waals surface area contributed by atoms with Crippen LogP contribution in [0, 0.1) is 0 Å². The summed E-state index contributed by atoms with van der Waals surface area (Å²) < 4.78 is 2.10. The van der Waals surface area contributed by atoms with E-state index in [0.29, 0.717) is 11.4 Å². The Balaban J connectivity index is 2.30. The fourth-order valence-corrected chi connectivity index (χ4v) is 2.49. The van der Waals surface area contributed by atoms with Gasteiger partial charge in [0.05, 0.1) is 0 Å². The van der Waals surface area contributed by atoms with Gasteiger partial charge in [-0.1, -0.05) is 29.8 Å². The zero-order valence-corrected chi connectivity index (χ0v) is 11.5. The molecule has 0 aliphatic heterocycles. The number of hydrogen-bond donors (Lipinski definition) is 1. The Bertz CT molecular complexity index is 531. The van der Waals surface area contributed by atoms with Crippen molar-refractivity contribution in [3.05, 3.63) is 53.1 Å². The van der Waals surface area contributed by atoms with Crippen molar-refractivity contribution in [3.63, 3.8) is 0 Å². The average Bonchev–Trinajstić information content (AvgIpc) is 2.76. The van der Waals surface area contributed by atoms with Gasteiger partial charge in [0.25, 0.3) is 0 Å². The van der Waals surface area contributed by atoms with Gasteiger partial charge in [-0.3, -0.25) is 0 Å². The Morgan fingerprint density at radius 3 is 2.78 bits per heavy atom. The molecule has 1 atom stereocenters. The molecule has 0 spiro atoms. The number of benzene rings is 1. The minimum atomic E-state index is -0.517. The Morgan fingerprint density at radius 1 is 1.39 bits per heavy atom. The van der Waals surface area contributed by atoms with E-state index >= 15 is 0 Å². The molecule has 0 saturated heterocycles. The number of aromatic nitrogens is 2. The van der Waals surface area contributed by atoms with Crippen LogP contribution in [0.25, 0.3) is 0 Å². The van der Waals surface area contributed by atoms with E-state index in [-0.39, 0.29) is 0 Å². The molecule has 1 unspecified atom stereocenters. The molecule has 2 aromatic rings. The van der Waals surface area contributed by atoms with Gasteiger partial charge in [0.1, 0.15) is 5.82 Å². The number of nitrogens with two attached hydrogens (primary N) is 1. The van der Waals surface area contributed by atoms with E-state index < -0.39 is 5.54 Å². The van der Waals surface area contributed by atoms with Crippen LogP contribution in [-0.4, -0.2) is 9.55 Å². The number of rotatable bonds is 4. The van der Waals surface area contributed by atoms with E-state index in [1.54, 1.807) is 0 Å². The van der Waals surface area contributed by atoms with Crippen LogP contribution in [0.1, 0.15) is 25.2 Å². The summed E-state index contributed by atoms with van der Waals surface area (Å²) in [6.45, 7) is 4.98. The largest absolute Gasteiger partial charge is 0.335 e. The summed E-state index contributed by atoms with van der Waals surface area (Å²) in [7, 11) is 0. The minimum Gasteiger partial charge on any atom is -0.335 e. The van der Waals surface area contributed by atoms with Gasteiger partial charge in [-0.25, -0.2) is 4.98 Å². The van der Waals surface area contributed by atoms with E-state index in [1.165, 1.54) is 0 Å². The van der Waals surface area contributed by atoms with E-state index in [2.05, 4.69) is 16.5 Å². The highest BCUT2D eigenvalue weighted by molar-refractivity contribution is 6.31. The van der Waals surface area contributed by atoms with Gasteiger partial charge in [0.2, 0.25) is 0 Å². The van der Waals surface area contributed by atoms with Crippen molar-refractivity contribution in [1.29, 1.82) is 0 Å². The van der Waals surface area contributed by atoms with Crippen molar-refractivity contribution >= 4 is 11.6 Å². The van der Waals surface area contributed by atoms with Crippen LogP contribution in [0.2, 0.25) is 5.02 Å². The molecule has 96 valence electrons. The topological polar surface area (TPSA) is 43.8 Å². The fraction of sp³-hybridized carbons (Fsp3) is 0.357. The Hall–Kier alpha value is -1.32. The third kappa shape index (κ3) is 2.57. The Morgan fingerprint density at radius 2 is 2.11 bits per heavy atom. The minimum absolute atomic E-state index is 0.517. The fourth-order valence-electron chi connectivity index (χ4n) is 2.14. The van der Waals surface area contributed by atoms with Gasteiger partial charge in [0, 0.05) is 35.9 Å². The van der Waals surface area contributed by atoms with Crippen molar-refractivity contribution in [2.45, 2.75) is 32.4 Å². The van der Waals surface area contributed by atoms with Crippen LogP contribution in [-0.2, 0) is 18.5 Å². The third-order valence-corrected chi connectivity index (χ3v) is 3.49. The van der Waals surface area contributed by atoms with Crippen molar-refractivity contribution in [2.24, 2.45) is 5.73 Å². The maximum atomic E-state index is 6.42. The molecule has 0 amide bonds. The summed E-state index contributed by atoms with van der Waals surface area (Å²) in [5, 5.41) is 0.706. The number of hydrogen-bond acceptors (Lipinski definition) is 2. The first kappa shape index (κ1) is 13.1.